The Hall–Kier alpha value is -1.30. The number of hydrogen-bond acceptors (Lipinski definition) is 1. The molecule has 1 atom stereocenters. The van der Waals surface area contributed by atoms with E-state index < -0.39 is 17.6 Å². The molecule has 1 aromatic carbocycles. The molecule has 132 valence electrons. The van der Waals surface area contributed by atoms with Gasteiger partial charge in [0.25, 0.3) is 0 Å². The molecule has 1 aliphatic rings. The second-order valence-electron chi connectivity index (χ2n) is 6.55. The van der Waals surface area contributed by atoms with Crippen molar-refractivity contribution < 1.29 is 17.6 Å². The van der Waals surface area contributed by atoms with Crippen LogP contribution in [-0.4, -0.2) is 6.04 Å². The average Bonchev–Trinajstić information content (AvgIpc) is 2.46. The zero-order valence-corrected chi connectivity index (χ0v) is 15.5. The number of dihydropyridines is 1. The van der Waals surface area contributed by atoms with E-state index in [0.717, 1.165) is 16.6 Å². The van der Waals surface area contributed by atoms with E-state index in [9.17, 15) is 13.2 Å². The predicted molar refractivity (Wildman–Crippen MR) is 92.0 cm³/mol. The molecule has 1 unspecified atom stereocenters. The Bertz CT molecular complexity index is 687. The molecule has 0 saturated heterocycles. The van der Waals surface area contributed by atoms with E-state index in [0.29, 0.717) is 5.57 Å². The maximum atomic E-state index is 15.0. The first kappa shape index (κ1) is 19.0. The van der Waals surface area contributed by atoms with Gasteiger partial charge in [-0.1, -0.05) is 55.8 Å². The highest BCUT2D eigenvalue weighted by Crippen LogP contribution is 2.40. The lowest BCUT2D eigenvalue weighted by atomic mass is 9.89. The molecule has 1 aliphatic heterocycles. The molecule has 1 heterocycles. The van der Waals surface area contributed by atoms with E-state index in [-0.39, 0.29) is 29.1 Å². The fourth-order valence-corrected chi connectivity index (χ4v) is 4.01. The topological polar surface area (TPSA) is 12.0 Å². The van der Waals surface area contributed by atoms with Crippen molar-refractivity contribution in [2.45, 2.75) is 39.9 Å². The average molecular weight is 406 g/mol. The van der Waals surface area contributed by atoms with E-state index in [1.807, 2.05) is 27.7 Å². The summed E-state index contributed by atoms with van der Waals surface area (Å²) < 4.78 is 54.6. The van der Waals surface area contributed by atoms with Gasteiger partial charge in [0.05, 0.1) is 17.3 Å². The highest BCUT2D eigenvalue weighted by atomic mass is 79.9. The molecule has 0 fully saturated rings. The number of rotatable bonds is 3. The summed E-state index contributed by atoms with van der Waals surface area (Å²) >= 11 is 3.47. The minimum Gasteiger partial charge on any atom is -0.375 e. The fraction of sp³-hybridized carbons (Fsp3) is 0.444. The molecule has 1 N–H and O–H groups in total. The Balaban J connectivity index is 2.60. The number of allylic oxidation sites excluding steroid dienone is 2. The van der Waals surface area contributed by atoms with Crippen molar-refractivity contribution in [2.75, 3.05) is 0 Å². The molecule has 1 aromatic rings. The van der Waals surface area contributed by atoms with Crippen molar-refractivity contribution in [1.82, 2.24) is 5.32 Å². The number of alkyl halides is 3. The minimum atomic E-state index is -4.46. The zero-order chi connectivity index (χ0) is 18.2. The van der Waals surface area contributed by atoms with Gasteiger partial charge >= 0.3 is 6.18 Å². The number of hydrogen-bond donors (Lipinski definition) is 1. The molecule has 1 nitrogen and oxygen atoms in total. The highest BCUT2D eigenvalue weighted by Gasteiger charge is 2.34. The van der Waals surface area contributed by atoms with Crippen LogP contribution in [0.5, 0.6) is 0 Å². The molecule has 0 amide bonds. The first-order valence-electron chi connectivity index (χ1n) is 7.78. The van der Waals surface area contributed by atoms with Crippen LogP contribution in [-0.2, 0) is 6.18 Å². The number of benzene rings is 1. The lowest BCUT2D eigenvalue weighted by Crippen LogP contribution is -2.37. The summed E-state index contributed by atoms with van der Waals surface area (Å²) in [6, 6.07) is 4.57. The van der Waals surface area contributed by atoms with Crippen LogP contribution in [0.15, 0.2) is 40.1 Å². The highest BCUT2D eigenvalue weighted by molar-refractivity contribution is 9.11. The quantitative estimate of drug-likeness (QED) is 0.583. The standard InChI is InChI=1S/C18H20BrF4N/c1-9(2)13-14(19)16(10(3)4)24-17(15(13)20)11-6-5-7-12(8-11)18(21,22)23/h5-10,16,24H,1-4H3. The summed E-state index contributed by atoms with van der Waals surface area (Å²) in [5, 5.41) is 3.06. The lowest BCUT2D eigenvalue weighted by Gasteiger charge is -2.33. The fourth-order valence-electron chi connectivity index (χ4n) is 2.74. The van der Waals surface area contributed by atoms with Crippen LogP contribution in [0, 0.1) is 11.8 Å². The molecule has 0 saturated carbocycles. The summed E-state index contributed by atoms with van der Waals surface area (Å²) in [6.07, 6.45) is -4.46. The molecular formula is C18H20BrF4N. The van der Waals surface area contributed by atoms with Crippen LogP contribution in [0.1, 0.15) is 38.8 Å². The Morgan fingerprint density at radius 3 is 2.25 bits per heavy atom. The van der Waals surface area contributed by atoms with Crippen molar-refractivity contribution in [2.24, 2.45) is 11.8 Å². The first-order valence-corrected chi connectivity index (χ1v) is 8.57. The number of nitrogens with one attached hydrogen (secondary N) is 1. The Morgan fingerprint density at radius 1 is 1.12 bits per heavy atom. The molecule has 0 spiro atoms. The molecule has 0 aliphatic carbocycles. The second kappa shape index (κ2) is 6.90. The molecule has 6 heteroatoms. The van der Waals surface area contributed by atoms with Gasteiger partial charge in [-0.05, 0) is 24.0 Å². The smallest absolute Gasteiger partial charge is 0.375 e. The SMILES string of the molecule is CC(C)C1=C(Br)C(C(C)C)NC(c2cccc(C(F)(F)F)c2)=C1F. The Kier molecular flexibility index (Phi) is 5.47. The Labute approximate surface area is 148 Å². The Morgan fingerprint density at radius 2 is 1.75 bits per heavy atom. The van der Waals surface area contributed by atoms with Crippen LogP contribution >= 0.6 is 15.9 Å². The molecular weight excluding hydrogens is 386 g/mol. The van der Waals surface area contributed by atoms with Crippen LogP contribution in [0.25, 0.3) is 5.70 Å². The molecule has 0 radical (unpaired) electrons. The van der Waals surface area contributed by atoms with Crippen LogP contribution < -0.4 is 5.32 Å². The van der Waals surface area contributed by atoms with E-state index in [1.54, 1.807) is 0 Å². The largest absolute Gasteiger partial charge is 0.416 e. The van der Waals surface area contributed by atoms with Gasteiger partial charge in [0, 0.05) is 15.6 Å². The molecule has 24 heavy (non-hydrogen) atoms. The van der Waals surface area contributed by atoms with Crippen LogP contribution in [0.4, 0.5) is 17.6 Å². The third kappa shape index (κ3) is 3.68. The molecule has 2 rings (SSSR count). The second-order valence-corrected chi connectivity index (χ2v) is 7.40. The summed E-state index contributed by atoms with van der Waals surface area (Å²) in [4.78, 5) is 0. The van der Waals surface area contributed by atoms with Gasteiger partial charge in [-0.25, -0.2) is 4.39 Å². The van der Waals surface area contributed by atoms with E-state index >= 15 is 4.39 Å². The zero-order valence-electron chi connectivity index (χ0n) is 13.9. The minimum absolute atomic E-state index is 0.0940. The van der Waals surface area contributed by atoms with Crippen LogP contribution in [0.3, 0.4) is 0 Å². The molecule has 0 bridgehead atoms. The molecule has 0 aromatic heterocycles. The maximum Gasteiger partial charge on any atom is 0.416 e. The van der Waals surface area contributed by atoms with E-state index in [1.165, 1.54) is 12.1 Å². The van der Waals surface area contributed by atoms with Crippen molar-refractivity contribution >= 4 is 21.6 Å². The summed E-state index contributed by atoms with van der Waals surface area (Å²) in [6.45, 7) is 7.68. The van der Waals surface area contributed by atoms with Crippen molar-refractivity contribution in [1.29, 1.82) is 0 Å². The summed E-state index contributed by atoms with van der Waals surface area (Å²) in [7, 11) is 0. The summed E-state index contributed by atoms with van der Waals surface area (Å²) in [5.41, 5.74) is 0.0283. The van der Waals surface area contributed by atoms with E-state index in [2.05, 4.69) is 21.2 Å². The van der Waals surface area contributed by atoms with Crippen molar-refractivity contribution in [3.8, 4) is 0 Å². The van der Waals surface area contributed by atoms with Crippen molar-refractivity contribution in [3.63, 3.8) is 0 Å². The van der Waals surface area contributed by atoms with Gasteiger partial charge in [0.15, 0.2) is 5.83 Å². The first-order chi connectivity index (χ1) is 11.0. The summed E-state index contributed by atoms with van der Waals surface area (Å²) in [5.74, 6) is -0.460. The van der Waals surface area contributed by atoms with Gasteiger partial charge in [0.1, 0.15) is 0 Å². The van der Waals surface area contributed by atoms with Gasteiger partial charge < -0.3 is 5.32 Å². The van der Waals surface area contributed by atoms with E-state index in [4.69, 9.17) is 0 Å². The normalized spacial score (nSPS) is 19.4. The third-order valence-corrected chi connectivity index (χ3v) is 4.93. The van der Waals surface area contributed by atoms with Gasteiger partial charge in [0.2, 0.25) is 0 Å². The van der Waals surface area contributed by atoms with Gasteiger partial charge in [-0.2, -0.15) is 13.2 Å². The van der Waals surface area contributed by atoms with Crippen molar-refractivity contribution in [3.05, 3.63) is 51.3 Å². The lowest BCUT2D eigenvalue weighted by molar-refractivity contribution is -0.137. The number of halogens is 5. The maximum absolute atomic E-state index is 15.0. The van der Waals surface area contributed by atoms with Gasteiger partial charge in [-0.3, -0.25) is 0 Å². The van der Waals surface area contributed by atoms with Gasteiger partial charge in [-0.15, -0.1) is 0 Å². The van der Waals surface area contributed by atoms with Crippen LogP contribution in [0.2, 0.25) is 0 Å². The predicted octanol–water partition coefficient (Wildman–Crippen LogP) is 6.28. The third-order valence-electron chi connectivity index (χ3n) is 4.01. The monoisotopic (exact) mass is 405 g/mol.